The highest BCUT2D eigenvalue weighted by molar-refractivity contribution is 5.46. The van der Waals surface area contributed by atoms with Gasteiger partial charge in [-0.3, -0.25) is 0 Å². The largest absolute Gasteiger partial charge is 0.391 e. The van der Waals surface area contributed by atoms with Gasteiger partial charge in [-0.15, -0.1) is 0 Å². The SMILES string of the molecule is CCc1ncnc(N2C[C@@H](O)C[C@@H]2c2ccc(F)c(F)c2)c1F. The van der Waals surface area contributed by atoms with Gasteiger partial charge in [0.25, 0.3) is 0 Å². The van der Waals surface area contributed by atoms with Crippen LogP contribution in [0.4, 0.5) is 19.0 Å². The maximum absolute atomic E-state index is 14.5. The minimum atomic E-state index is -0.971. The molecule has 23 heavy (non-hydrogen) atoms. The number of β-amino-alcohol motifs (C(OH)–C–C–N with tert-alkyl or cyclic N) is 1. The van der Waals surface area contributed by atoms with Crippen LogP contribution >= 0.6 is 0 Å². The lowest BCUT2D eigenvalue weighted by molar-refractivity contribution is 0.194. The molecule has 2 heterocycles. The second-order valence-corrected chi connectivity index (χ2v) is 5.54. The molecule has 0 unspecified atom stereocenters. The Hall–Kier alpha value is -2.15. The van der Waals surface area contributed by atoms with Crippen molar-refractivity contribution in [2.45, 2.75) is 31.9 Å². The lowest BCUT2D eigenvalue weighted by Crippen LogP contribution is -2.27. The van der Waals surface area contributed by atoms with Crippen molar-refractivity contribution in [3.63, 3.8) is 0 Å². The molecule has 1 aliphatic rings. The van der Waals surface area contributed by atoms with Crippen LogP contribution in [0.25, 0.3) is 0 Å². The molecule has 0 amide bonds. The molecule has 0 aliphatic carbocycles. The predicted molar refractivity (Wildman–Crippen MR) is 78.4 cm³/mol. The lowest BCUT2D eigenvalue weighted by Gasteiger charge is -2.26. The number of rotatable bonds is 3. The van der Waals surface area contributed by atoms with Gasteiger partial charge in [0.05, 0.1) is 17.8 Å². The molecular formula is C16H16F3N3O. The number of aryl methyl sites for hydroxylation is 1. The van der Waals surface area contributed by atoms with E-state index in [-0.39, 0.29) is 24.5 Å². The minimum Gasteiger partial charge on any atom is -0.391 e. The number of aliphatic hydroxyl groups is 1. The number of benzene rings is 1. The second-order valence-electron chi connectivity index (χ2n) is 5.54. The molecule has 4 nitrogen and oxygen atoms in total. The third kappa shape index (κ3) is 2.88. The van der Waals surface area contributed by atoms with Gasteiger partial charge in [0.15, 0.2) is 23.3 Å². The molecule has 0 saturated carbocycles. The van der Waals surface area contributed by atoms with Crippen molar-refractivity contribution in [1.82, 2.24) is 9.97 Å². The molecule has 7 heteroatoms. The van der Waals surface area contributed by atoms with Crippen LogP contribution < -0.4 is 4.90 Å². The minimum absolute atomic E-state index is 0.0723. The van der Waals surface area contributed by atoms with Crippen molar-refractivity contribution < 1.29 is 18.3 Å². The van der Waals surface area contributed by atoms with Crippen LogP contribution in [-0.2, 0) is 6.42 Å². The highest BCUT2D eigenvalue weighted by Crippen LogP contribution is 2.37. The molecule has 0 bridgehead atoms. The Morgan fingerprint density at radius 2 is 2.00 bits per heavy atom. The van der Waals surface area contributed by atoms with Gasteiger partial charge in [0.2, 0.25) is 0 Å². The summed E-state index contributed by atoms with van der Waals surface area (Å²) in [6.07, 6.45) is 1.26. The Balaban J connectivity index is 2.01. The number of aliphatic hydroxyl groups excluding tert-OH is 1. The Morgan fingerprint density at radius 1 is 1.22 bits per heavy atom. The zero-order valence-electron chi connectivity index (χ0n) is 12.5. The number of nitrogens with zero attached hydrogens (tertiary/aromatic N) is 3. The molecule has 1 saturated heterocycles. The first-order chi connectivity index (χ1) is 11.0. The number of hydrogen-bond donors (Lipinski definition) is 1. The first kappa shape index (κ1) is 15.7. The molecule has 1 aromatic carbocycles. The van der Waals surface area contributed by atoms with E-state index in [4.69, 9.17) is 0 Å². The van der Waals surface area contributed by atoms with Crippen molar-refractivity contribution in [2.75, 3.05) is 11.4 Å². The summed E-state index contributed by atoms with van der Waals surface area (Å²) in [6, 6.07) is 3.06. The van der Waals surface area contributed by atoms with Crippen molar-refractivity contribution in [2.24, 2.45) is 0 Å². The van der Waals surface area contributed by atoms with Crippen LogP contribution in [-0.4, -0.2) is 27.7 Å². The van der Waals surface area contributed by atoms with Gasteiger partial charge in [0, 0.05) is 6.54 Å². The van der Waals surface area contributed by atoms with Gasteiger partial charge in [-0.05, 0) is 30.5 Å². The maximum Gasteiger partial charge on any atom is 0.187 e. The van der Waals surface area contributed by atoms with E-state index in [1.165, 1.54) is 12.4 Å². The third-order valence-corrected chi connectivity index (χ3v) is 4.06. The van der Waals surface area contributed by atoms with Crippen LogP contribution in [0.1, 0.15) is 30.6 Å². The number of aromatic nitrogens is 2. The monoisotopic (exact) mass is 323 g/mol. The van der Waals surface area contributed by atoms with E-state index >= 15 is 0 Å². The van der Waals surface area contributed by atoms with Gasteiger partial charge in [-0.1, -0.05) is 13.0 Å². The molecule has 3 rings (SSSR count). The molecular weight excluding hydrogens is 307 g/mol. The van der Waals surface area contributed by atoms with E-state index in [2.05, 4.69) is 9.97 Å². The first-order valence-electron chi connectivity index (χ1n) is 7.40. The van der Waals surface area contributed by atoms with Crippen molar-refractivity contribution in [3.8, 4) is 0 Å². The van der Waals surface area contributed by atoms with Gasteiger partial charge < -0.3 is 10.0 Å². The van der Waals surface area contributed by atoms with E-state index in [0.29, 0.717) is 12.0 Å². The van der Waals surface area contributed by atoms with E-state index in [1.807, 2.05) is 0 Å². The Kier molecular flexibility index (Phi) is 4.21. The normalized spacial score (nSPS) is 21.0. The molecule has 122 valence electrons. The van der Waals surface area contributed by atoms with Crippen LogP contribution in [0.5, 0.6) is 0 Å². The van der Waals surface area contributed by atoms with E-state index < -0.39 is 29.6 Å². The highest BCUT2D eigenvalue weighted by atomic mass is 19.2. The quantitative estimate of drug-likeness (QED) is 0.944. The van der Waals surface area contributed by atoms with E-state index in [1.54, 1.807) is 11.8 Å². The summed E-state index contributed by atoms with van der Waals surface area (Å²) in [5, 5.41) is 9.96. The van der Waals surface area contributed by atoms with Crippen LogP contribution in [0.2, 0.25) is 0 Å². The average Bonchev–Trinajstić information content (AvgIpc) is 2.92. The van der Waals surface area contributed by atoms with Crippen molar-refractivity contribution in [1.29, 1.82) is 0 Å². The summed E-state index contributed by atoms with van der Waals surface area (Å²) in [7, 11) is 0. The number of anilines is 1. The van der Waals surface area contributed by atoms with Gasteiger partial charge >= 0.3 is 0 Å². The summed E-state index contributed by atoms with van der Waals surface area (Å²) in [4.78, 5) is 9.44. The second kappa shape index (κ2) is 6.16. The Bertz CT molecular complexity index is 726. The predicted octanol–water partition coefficient (Wildman–Crippen LogP) is 2.77. The smallest absolute Gasteiger partial charge is 0.187 e. The lowest BCUT2D eigenvalue weighted by atomic mass is 10.0. The third-order valence-electron chi connectivity index (χ3n) is 4.06. The fourth-order valence-corrected chi connectivity index (χ4v) is 2.93. The number of halogens is 3. The van der Waals surface area contributed by atoms with Gasteiger partial charge in [-0.2, -0.15) is 0 Å². The average molecular weight is 323 g/mol. The van der Waals surface area contributed by atoms with E-state index in [9.17, 15) is 18.3 Å². The van der Waals surface area contributed by atoms with Gasteiger partial charge in [0.1, 0.15) is 6.33 Å². The molecule has 1 N–H and O–H groups in total. The summed E-state index contributed by atoms with van der Waals surface area (Å²) >= 11 is 0. The molecule has 2 atom stereocenters. The summed E-state index contributed by atoms with van der Waals surface area (Å²) in [5.74, 6) is -2.39. The maximum atomic E-state index is 14.5. The van der Waals surface area contributed by atoms with Crippen molar-refractivity contribution >= 4 is 5.82 Å². The summed E-state index contributed by atoms with van der Waals surface area (Å²) in [5.41, 5.74) is 0.747. The molecule has 0 spiro atoms. The van der Waals surface area contributed by atoms with Gasteiger partial charge in [-0.25, -0.2) is 23.1 Å². The highest BCUT2D eigenvalue weighted by Gasteiger charge is 2.35. The van der Waals surface area contributed by atoms with Crippen LogP contribution in [0.15, 0.2) is 24.5 Å². The fraction of sp³-hybridized carbons (Fsp3) is 0.375. The molecule has 1 fully saturated rings. The summed E-state index contributed by atoms with van der Waals surface area (Å²) in [6.45, 7) is 1.95. The molecule has 0 radical (unpaired) electrons. The molecule has 2 aromatic rings. The van der Waals surface area contributed by atoms with E-state index in [0.717, 1.165) is 12.1 Å². The Morgan fingerprint density at radius 3 is 2.70 bits per heavy atom. The standard InChI is InChI=1S/C16H16F3N3O/c1-2-13-15(19)16(21-8-20-13)22-7-10(23)6-14(22)9-3-4-11(17)12(18)5-9/h3-5,8,10,14,23H,2,6-7H2,1H3/t10-,14+/m0/s1. The number of hydrogen-bond acceptors (Lipinski definition) is 4. The Labute approximate surface area is 131 Å². The first-order valence-corrected chi connectivity index (χ1v) is 7.40. The van der Waals surface area contributed by atoms with Crippen LogP contribution in [0, 0.1) is 17.5 Å². The topological polar surface area (TPSA) is 49.2 Å². The molecule has 1 aromatic heterocycles. The van der Waals surface area contributed by atoms with Crippen LogP contribution in [0.3, 0.4) is 0 Å². The molecule has 1 aliphatic heterocycles. The fourth-order valence-electron chi connectivity index (χ4n) is 2.93. The zero-order valence-corrected chi connectivity index (χ0v) is 12.5. The zero-order chi connectivity index (χ0) is 16.6. The summed E-state index contributed by atoms with van der Waals surface area (Å²) < 4.78 is 41.1. The van der Waals surface area contributed by atoms with Crippen molar-refractivity contribution in [3.05, 3.63) is 53.2 Å².